The summed E-state index contributed by atoms with van der Waals surface area (Å²) >= 11 is 0. The molecule has 0 atom stereocenters. The van der Waals surface area contributed by atoms with Crippen LogP contribution in [-0.2, 0) is 0 Å². The fourth-order valence-corrected chi connectivity index (χ4v) is 0.306. The van der Waals surface area contributed by atoms with Gasteiger partial charge in [-0.05, 0) is 5.41 Å². The molecule has 8 heavy (non-hydrogen) atoms. The topological polar surface area (TPSA) is 0 Å². The molecule has 0 aliphatic carbocycles. The maximum atomic E-state index is 3.83. The van der Waals surface area contributed by atoms with Gasteiger partial charge in [0.2, 0.25) is 0 Å². The Kier molecular flexibility index (Phi) is 2.02. The van der Waals surface area contributed by atoms with Crippen LogP contribution in [0.15, 0.2) is 24.8 Å². The van der Waals surface area contributed by atoms with E-state index >= 15 is 0 Å². The summed E-state index contributed by atoms with van der Waals surface area (Å²) in [5, 5.41) is 0. The third kappa shape index (κ3) is 1.97. The van der Waals surface area contributed by atoms with Crippen LogP contribution in [0.3, 0.4) is 0 Å². The molecule has 0 radical (unpaired) electrons. The minimum Gasteiger partial charge on any atom is -0.0988 e. The van der Waals surface area contributed by atoms with Crippen molar-refractivity contribution < 1.29 is 0 Å². The average Bonchev–Trinajstić information content (AvgIpc) is 1.62. The van der Waals surface area contributed by atoms with Crippen LogP contribution in [0, 0.1) is 5.41 Å². The number of allylic oxidation sites excluding steroid dienone is 2. The second-order valence-electron chi connectivity index (χ2n) is 2.98. The van der Waals surface area contributed by atoms with E-state index < -0.39 is 0 Å². The predicted molar refractivity (Wildman–Crippen MR) is 38.8 cm³/mol. The lowest BCUT2D eigenvalue weighted by atomic mass is 9.88. The van der Waals surface area contributed by atoms with Gasteiger partial charge in [0.1, 0.15) is 0 Å². The summed E-state index contributed by atoms with van der Waals surface area (Å²) in [4.78, 5) is 0. The van der Waals surface area contributed by atoms with Crippen LogP contribution in [-0.4, -0.2) is 0 Å². The molecule has 0 N–H and O–H groups in total. The van der Waals surface area contributed by atoms with Crippen LogP contribution in [0.2, 0.25) is 0 Å². The third-order valence-electron chi connectivity index (χ3n) is 1.21. The minimum absolute atomic E-state index is 0.196. The maximum Gasteiger partial charge on any atom is -0.0138 e. The van der Waals surface area contributed by atoms with Gasteiger partial charge >= 0.3 is 0 Å². The fourth-order valence-electron chi connectivity index (χ4n) is 0.306. The zero-order chi connectivity index (χ0) is 6.78. The van der Waals surface area contributed by atoms with Crippen molar-refractivity contribution in [3.63, 3.8) is 0 Å². The van der Waals surface area contributed by atoms with E-state index in [0.29, 0.717) is 0 Å². The van der Waals surface area contributed by atoms with Crippen molar-refractivity contribution in [2.24, 2.45) is 5.41 Å². The van der Waals surface area contributed by atoms with Crippen molar-refractivity contribution in [2.75, 3.05) is 0 Å². The quantitative estimate of drug-likeness (QED) is 0.455. The van der Waals surface area contributed by atoms with Gasteiger partial charge in [-0.3, -0.25) is 0 Å². The molecule has 0 rings (SSSR count). The highest BCUT2D eigenvalue weighted by Gasteiger charge is 2.10. The Bertz CT molecular complexity index is 102. The minimum atomic E-state index is 0.196. The molecule has 0 aromatic carbocycles. The Morgan fingerprint density at radius 3 is 1.75 bits per heavy atom. The van der Waals surface area contributed by atoms with Gasteiger partial charge in [0.05, 0.1) is 0 Å². The molecule has 0 aliphatic heterocycles. The van der Waals surface area contributed by atoms with Gasteiger partial charge in [0, 0.05) is 0 Å². The normalized spacial score (nSPS) is 10.9. The standard InChI is InChI=1S/C8H14/c1-6-7(2)8(3,4)5/h6H,1-2H2,3-5H3. The molecular weight excluding hydrogens is 96.1 g/mol. The van der Waals surface area contributed by atoms with Gasteiger partial charge < -0.3 is 0 Å². The van der Waals surface area contributed by atoms with Gasteiger partial charge in [-0.15, -0.1) is 0 Å². The second kappa shape index (κ2) is 2.17. The van der Waals surface area contributed by atoms with Gasteiger partial charge in [-0.2, -0.15) is 0 Å². The molecule has 0 saturated heterocycles. The van der Waals surface area contributed by atoms with Crippen LogP contribution in [0.5, 0.6) is 0 Å². The van der Waals surface area contributed by atoms with E-state index in [0.717, 1.165) is 5.57 Å². The summed E-state index contributed by atoms with van der Waals surface area (Å²) in [6.07, 6.45) is 1.81. The van der Waals surface area contributed by atoms with Gasteiger partial charge in [0.15, 0.2) is 0 Å². The Morgan fingerprint density at radius 2 is 1.75 bits per heavy atom. The van der Waals surface area contributed by atoms with Crippen LogP contribution < -0.4 is 0 Å². The highest BCUT2D eigenvalue weighted by molar-refractivity contribution is 5.17. The van der Waals surface area contributed by atoms with Crippen LogP contribution in [0.4, 0.5) is 0 Å². The maximum absolute atomic E-state index is 3.83. The van der Waals surface area contributed by atoms with E-state index in [1.165, 1.54) is 0 Å². The van der Waals surface area contributed by atoms with Crippen molar-refractivity contribution in [2.45, 2.75) is 20.8 Å². The van der Waals surface area contributed by atoms with E-state index in [-0.39, 0.29) is 5.41 Å². The summed E-state index contributed by atoms with van der Waals surface area (Å²) in [7, 11) is 0. The van der Waals surface area contributed by atoms with Crippen molar-refractivity contribution >= 4 is 0 Å². The summed E-state index contributed by atoms with van der Waals surface area (Å²) in [5.41, 5.74) is 1.29. The van der Waals surface area contributed by atoms with E-state index in [9.17, 15) is 0 Å². The Labute approximate surface area is 51.9 Å². The number of hydrogen-bond acceptors (Lipinski definition) is 0. The molecule has 0 bridgehead atoms. The molecule has 0 amide bonds. The molecule has 0 aromatic heterocycles. The number of rotatable bonds is 1. The third-order valence-corrected chi connectivity index (χ3v) is 1.21. The van der Waals surface area contributed by atoms with E-state index in [4.69, 9.17) is 0 Å². The summed E-state index contributed by atoms with van der Waals surface area (Å²) in [6, 6.07) is 0. The molecule has 0 aromatic rings. The van der Waals surface area contributed by atoms with Gasteiger partial charge in [-0.25, -0.2) is 0 Å². The Morgan fingerprint density at radius 1 is 1.38 bits per heavy atom. The molecule has 0 heterocycles. The van der Waals surface area contributed by atoms with Crippen molar-refractivity contribution in [1.82, 2.24) is 0 Å². The summed E-state index contributed by atoms with van der Waals surface area (Å²) in [6.45, 7) is 13.8. The Balaban J connectivity index is 4.02. The van der Waals surface area contributed by atoms with Crippen molar-refractivity contribution in [3.8, 4) is 0 Å². The Hall–Kier alpha value is -0.520. The average molecular weight is 110 g/mol. The lowest BCUT2D eigenvalue weighted by Gasteiger charge is -2.17. The predicted octanol–water partition coefficient (Wildman–Crippen LogP) is 2.77. The first-order valence-corrected chi connectivity index (χ1v) is 2.80. The number of hydrogen-bond donors (Lipinski definition) is 0. The molecule has 0 unspecified atom stereocenters. The highest BCUT2D eigenvalue weighted by atomic mass is 14.1. The molecule has 0 heteroatoms. The van der Waals surface area contributed by atoms with Crippen molar-refractivity contribution in [1.29, 1.82) is 0 Å². The second-order valence-corrected chi connectivity index (χ2v) is 2.98. The van der Waals surface area contributed by atoms with E-state index in [1.54, 1.807) is 6.08 Å². The first kappa shape index (κ1) is 7.48. The largest absolute Gasteiger partial charge is 0.0988 e. The monoisotopic (exact) mass is 110 g/mol. The molecule has 46 valence electrons. The first-order chi connectivity index (χ1) is 3.48. The molecule has 0 aliphatic rings. The van der Waals surface area contributed by atoms with Crippen LogP contribution >= 0.6 is 0 Å². The van der Waals surface area contributed by atoms with Crippen molar-refractivity contribution in [3.05, 3.63) is 24.8 Å². The fraction of sp³-hybridized carbons (Fsp3) is 0.500. The molecule has 0 spiro atoms. The molecule has 0 nitrogen and oxygen atoms in total. The highest BCUT2D eigenvalue weighted by Crippen LogP contribution is 2.23. The zero-order valence-electron chi connectivity index (χ0n) is 5.99. The summed E-state index contributed by atoms with van der Waals surface area (Å²) < 4.78 is 0. The van der Waals surface area contributed by atoms with Crippen LogP contribution in [0.25, 0.3) is 0 Å². The first-order valence-electron chi connectivity index (χ1n) is 2.80. The lowest BCUT2D eigenvalue weighted by molar-refractivity contribution is 0.519. The van der Waals surface area contributed by atoms with E-state index in [2.05, 4.69) is 33.9 Å². The molecule has 0 saturated carbocycles. The smallest absolute Gasteiger partial charge is 0.0138 e. The SMILES string of the molecule is C=CC(=C)C(C)(C)C. The van der Waals surface area contributed by atoms with E-state index in [1.807, 2.05) is 0 Å². The van der Waals surface area contributed by atoms with Crippen LogP contribution in [0.1, 0.15) is 20.8 Å². The van der Waals surface area contributed by atoms with Gasteiger partial charge in [-0.1, -0.05) is 45.6 Å². The molecular formula is C8H14. The molecule has 0 fully saturated rings. The lowest BCUT2D eigenvalue weighted by Crippen LogP contribution is -2.05. The van der Waals surface area contributed by atoms with Gasteiger partial charge in [0.25, 0.3) is 0 Å². The summed E-state index contributed by atoms with van der Waals surface area (Å²) in [5.74, 6) is 0. The zero-order valence-corrected chi connectivity index (χ0v) is 5.99.